The molecule has 8 nitrogen and oxygen atoms in total. The molecular formula is C25H28N8S. The van der Waals surface area contributed by atoms with Gasteiger partial charge in [-0.15, -0.1) is 5.10 Å². The number of hydrogen-bond acceptors (Lipinski definition) is 6. The minimum atomic E-state index is 0.564. The molecule has 2 aromatic carbocycles. The molecule has 4 aromatic rings. The van der Waals surface area contributed by atoms with Crippen LogP contribution in [-0.4, -0.2) is 73.9 Å². The molecule has 0 radical (unpaired) electrons. The number of nitrogens with zero attached hydrogens (tertiary/aromatic N) is 7. The Balaban J connectivity index is 1.49. The normalized spacial score (nSPS) is 15.4. The monoisotopic (exact) mass is 472 g/mol. The number of piperazine rings is 1. The van der Waals surface area contributed by atoms with Crippen LogP contribution in [0.3, 0.4) is 0 Å². The van der Waals surface area contributed by atoms with Crippen molar-refractivity contribution in [3.63, 3.8) is 0 Å². The second-order valence-corrected chi connectivity index (χ2v) is 9.02. The molecule has 5 rings (SSSR count). The van der Waals surface area contributed by atoms with Gasteiger partial charge in [0.1, 0.15) is 0 Å². The van der Waals surface area contributed by atoms with Gasteiger partial charge in [-0.1, -0.05) is 60.2 Å². The first kappa shape index (κ1) is 22.4. The topological polar surface area (TPSA) is 70.3 Å². The van der Waals surface area contributed by atoms with E-state index in [2.05, 4.69) is 58.2 Å². The summed E-state index contributed by atoms with van der Waals surface area (Å²) in [6.07, 6.45) is 3.57. The quantitative estimate of drug-likeness (QED) is 0.341. The van der Waals surface area contributed by atoms with Crippen LogP contribution in [0, 0.1) is 11.7 Å². The number of aromatic nitrogens is 5. The van der Waals surface area contributed by atoms with Crippen molar-refractivity contribution in [2.45, 2.75) is 13.6 Å². The van der Waals surface area contributed by atoms with E-state index >= 15 is 0 Å². The van der Waals surface area contributed by atoms with Crippen molar-refractivity contribution in [3.8, 4) is 22.6 Å². The maximum absolute atomic E-state index is 5.83. The van der Waals surface area contributed by atoms with E-state index in [1.807, 2.05) is 35.0 Å². The number of rotatable bonds is 6. The van der Waals surface area contributed by atoms with Gasteiger partial charge in [-0.05, 0) is 26.2 Å². The molecule has 9 heteroatoms. The molecule has 1 aliphatic heterocycles. The van der Waals surface area contributed by atoms with Crippen LogP contribution in [0.1, 0.15) is 11.1 Å². The van der Waals surface area contributed by atoms with Crippen LogP contribution in [0.4, 0.5) is 0 Å². The Hall–Kier alpha value is -3.40. The predicted molar refractivity (Wildman–Crippen MR) is 137 cm³/mol. The minimum absolute atomic E-state index is 0.564. The summed E-state index contributed by atoms with van der Waals surface area (Å²) in [5.74, 6) is 0.719. The van der Waals surface area contributed by atoms with Crippen molar-refractivity contribution in [2.75, 3.05) is 33.2 Å². The van der Waals surface area contributed by atoms with Gasteiger partial charge in [0.2, 0.25) is 4.77 Å². The molecule has 1 aliphatic rings. The molecule has 0 saturated carbocycles. The number of H-pyrrole nitrogens is 1. The second kappa shape index (κ2) is 9.84. The molecule has 1 N–H and O–H groups in total. The maximum atomic E-state index is 5.83. The standard InChI is InChI=1S/C25H28N8S/c1-19-8-10-20(11-9-19)23-22(16-26-28-23)17-27-33-24(21-6-4-3-5-7-21)29-32(25(33)34)18-31-14-12-30(2)13-15-31/h3-11,16-17H,12-15,18H2,1-2H3,(H,26,28)/b27-17+. The number of nitrogens with one attached hydrogen (secondary N) is 1. The van der Waals surface area contributed by atoms with E-state index < -0.39 is 0 Å². The summed E-state index contributed by atoms with van der Waals surface area (Å²) in [4.78, 5) is 4.71. The Morgan fingerprint density at radius 3 is 2.47 bits per heavy atom. The van der Waals surface area contributed by atoms with Gasteiger partial charge < -0.3 is 4.90 Å². The lowest BCUT2D eigenvalue weighted by atomic mass is 10.1. The summed E-state index contributed by atoms with van der Waals surface area (Å²) >= 11 is 5.83. The molecule has 34 heavy (non-hydrogen) atoms. The molecule has 174 valence electrons. The zero-order valence-corrected chi connectivity index (χ0v) is 20.2. The van der Waals surface area contributed by atoms with Crippen LogP contribution in [0.2, 0.25) is 0 Å². The number of aryl methyl sites for hydroxylation is 1. The molecule has 0 spiro atoms. The number of benzene rings is 2. The molecule has 3 heterocycles. The van der Waals surface area contributed by atoms with Gasteiger partial charge in [0, 0.05) is 42.9 Å². The Morgan fingerprint density at radius 1 is 1.00 bits per heavy atom. The average Bonchev–Trinajstić information content (AvgIpc) is 3.45. The number of hydrogen-bond donors (Lipinski definition) is 1. The fraction of sp³-hybridized carbons (Fsp3) is 0.280. The van der Waals surface area contributed by atoms with E-state index in [-0.39, 0.29) is 0 Å². The summed E-state index contributed by atoms with van der Waals surface area (Å²) in [6, 6.07) is 18.4. The molecule has 0 aliphatic carbocycles. The smallest absolute Gasteiger partial charge is 0.220 e. The summed E-state index contributed by atoms with van der Waals surface area (Å²) in [7, 11) is 2.15. The fourth-order valence-electron chi connectivity index (χ4n) is 4.01. The Bertz CT molecular complexity index is 1330. The van der Waals surface area contributed by atoms with Gasteiger partial charge in [0.25, 0.3) is 0 Å². The maximum Gasteiger partial charge on any atom is 0.220 e. The van der Waals surface area contributed by atoms with E-state index in [4.69, 9.17) is 22.4 Å². The first-order valence-corrected chi connectivity index (χ1v) is 11.8. The van der Waals surface area contributed by atoms with E-state index in [9.17, 15) is 0 Å². The molecular weight excluding hydrogens is 444 g/mol. The highest BCUT2D eigenvalue weighted by molar-refractivity contribution is 7.71. The Labute approximate surface area is 204 Å². The molecule has 1 saturated heterocycles. The van der Waals surface area contributed by atoms with Gasteiger partial charge in [0.05, 0.1) is 24.8 Å². The summed E-state index contributed by atoms with van der Waals surface area (Å²) in [5.41, 5.74) is 5.04. The lowest BCUT2D eigenvalue weighted by Gasteiger charge is -2.31. The van der Waals surface area contributed by atoms with Crippen LogP contribution in [-0.2, 0) is 6.67 Å². The van der Waals surface area contributed by atoms with Crippen molar-refractivity contribution in [1.29, 1.82) is 0 Å². The molecule has 2 aromatic heterocycles. The van der Waals surface area contributed by atoms with Gasteiger partial charge >= 0.3 is 0 Å². The Morgan fingerprint density at radius 2 is 1.74 bits per heavy atom. The van der Waals surface area contributed by atoms with E-state index in [0.717, 1.165) is 54.4 Å². The molecule has 0 amide bonds. The van der Waals surface area contributed by atoms with E-state index in [1.54, 1.807) is 17.1 Å². The van der Waals surface area contributed by atoms with Crippen LogP contribution in [0.5, 0.6) is 0 Å². The summed E-state index contributed by atoms with van der Waals surface area (Å²) in [6.45, 7) is 6.79. The van der Waals surface area contributed by atoms with Gasteiger partial charge in [-0.25, -0.2) is 4.68 Å². The van der Waals surface area contributed by atoms with Crippen LogP contribution in [0.15, 0.2) is 65.9 Å². The fourth-order valence-corrected chi connectivity index (χ4v) is 4.24. The third kappa shape index (κ3) is 4.77. The first-order chi connectivity index (χ1) is 16.6. The molecule has 0 unspecified atom stereocenters. The highest BCUT2D eigenvalue weighted by Crippen LogP contribution is 2.22. The first-order valence-electron chi connectivity index (χ1n) is 11.4. The molecule has 0 bridgehead atoms. The third-order valence-corrected chi connectivity index (χ3v) is 6.48. The average molecular weight is 473 g/mol. The molecule has 1 fully saturated rings. The largest absolute Gasteiger partial charge is 0.304 e. The molecule has 0 atom stereocenters. The van der Waals surface area contributed by atoms with Crippen LogP contribution in [0.25, 0.3) is 22.6 Å². The van der Waals surface area contributed by atoms with Crippen molar-refractivity contribution in [1.82, 2.24) is 34.5 Å². The number of aromatic amines is 1. The van der Waals surface area contributed by atoms with Gasteiger partial charge in [0.15, 0.2) is 5.82 Å². The van der Waals surface area contributed by atoms with Crippen molar-refractivity contribution in [3.05, 3.63) is 76.7 Å². The van der Waals surface area contributed by atoms with Crippen molar-refractivity contribution in [2.24, 2.45) is 5.10 Å². The van der Waals surface area contributed by atoms with Gasteiger partial charge in [-0.2, -0.15) is 14.9 Å². The second-order valence-electron chi connectivity index (χ2n) is 8.66. The predicted octanol–water partition coefficient (Wildman–Crippen LogP) is 3.87. The SMILES string of the molecule is Cc1ccc(-c2[nH]ncc2/C=N/n2c(-c3ccccc3)nn(CN3CCN(C)CC3)c2=S)cc1. The zero-order chi connectivity index (χ0) is 23.5. The lowest BCUT2D eigenvalue weighted by Crippen LogP contribution is -2.45. The lowest BCUT2D eigenvalue weighted by molar-refractivity contribution is 0.119. The van der Waals surface area contributed by atoms with E-state index in [0.29, 0.717) is 11.4 Å². The van der Waals surface area contributed by atoms with E-state index in [1.165, 1.54) is 5.56 Å². The van der Waals surface area contributed by atoms with Gasteiger partial charge in [-0.3, -0.25) is 10.00 Å². The number of likely N-dealkylation sites (N-methyl/N-ethyl adjacent to an activating group) is 1. The summed E-state index contributed by atoms with van der Waals surface area (Å²) in [5, 5.41) is 17.0. The van der Waals surface area contributed by atoms with Crippen molar-refractivity contribution >= 4 is 18.4 Å². The third-order valence-electron chi connectivity index (χ3n) is 6.10. The minimum Gasteiger partial charge on any atom is -0.304 e. The highest BCUT2D eigenvalue weighted by Gasteiger charge is 2.18. The highest BCUT2D eigenvalue weighted by atomic mass is 32.1. The summed E-state index contributed by atoms with van der Waals surface area (Å²) < 4.78 is 4.18. The van der Waals surface area contributed by atoms with Crippen LogP contribution < -0.4 is 0 Å². The van der Waals surface area contributed by atoms with Crippen molar-refractivity contribution < 1.29 is 0 Å². The zero-order valence-electron chi connectivity index (χ0n) is 19.4. The van der Waals surface area contributed by atoms with Crippen LogP contribution >= 0.6 is 12.2 Å². The Kier molecular flexibility index (Phi) is 6.48.